The lowest BCUT2D eigenvalue weighted by molar-refractivity contribution is -0.0132. The fraction of sp³-hybridized carbons (Fsp3) is 0.440. The van der Waals surface area contributed by atoms with Crippen molar-refractivity contribution in [3.05, 3.63) is 59.6 Å². The van der Waals surface area contributed by atoms with Gasteiger partial charge in [0.1, 0.15) is 17.6 Å². The number of rotatable bonds is 5. The molecule has 3 aromatic rings. The highest BCUT2D eigenvalue weighted by molar-refractivity contribution is 5.93. The number of alkyl halides is 1. The number of nitrogens with two attached hydrogens (primary N) is 1. The second-order valence-corrected chi connectivity index (χ2v) is 9.65. The quantitative estimate of drug-likeness (QED) is 0.550. The molecule has 3 heterocycles. The van der Waals surface area contributed by atoms with Crippen LogP contribution in [0, 0.1) is 6.57 Å². The van der Waals surface area contributed by atoms with Crippen molar-refractivity contribution in [2.75, 3.05) is 25.4 Å². The van der Waals surface area contributed by atoms with Crippen molar-refractivity contribution in [1.82, 2.24) is 19.7 Å². The zero-order valence-corrected chi connectivity index (χ0v) is 20.1. The lowest BCUT2D eigenvalue weighted by atomic mass is 9.85. The van der Waals surface area contributed by atoms with Crippen LogP contribution in [0.5, 0.6) is 5.88 Å². The molecule has 2 atom stereocenters. The first-order valence-electron chi connectivity index (χ1n) is 11.4. The van der Waals surface area contributed by atoms with Crippen molar-refractivity contribution >= 4 is 22.8 Å². The number of pyridine rings is 1. The van der Waals surface area contributed by atoms with Crippen LogP contribution in [-0.2, 0) is 16.9 Å². The number of hydrogen-bond donors (Lipinski definition) is 1. The minimum atomic E-state index is -1.57. The summed E-state index contributed by atoms with van der Waals surface area (Å²) >= 11 is 0. The molecule has 1 saturated heterocycles. The largest absolute Gasteiger partial charge is 0.472 e. The van der Waals surface area contributed by atoms with E-state index in [1.54, 1.807) is 33.0 Å². The van der Waals surface area contributed by atoms with Gasteiger partial charge in [0.25, 0.3) is 0 Å². The fourth-order valence-electron chi connectivity index (χ4n) is 4.29. The Morgan fingerprint density at radius 1 is 1.31 bits per heavy atom. The van der Waals surface area contributed by atoms with Crippen LogP contribution in [0.2, 0.25) is 0 Å². The molecule has 2 N–H and O–H groups in total. The molecule has 4 rings (SSSR count). The Morgan fingerprint density at radius 2 is 2.06 bits per heavy atom. The van der Waals surface area contributed by atoms with Crippen molar-refractivity contribution in [2.45, 2.75) is 51.1 Å². The molecular formula is C25H29FN6O3. The molecule has 1 aliphatic heterocycles. The Hall–Kier alpha value is -3.87. The molecule has 2 aromatic heterocycles. The van der Waals surface area contributed by atoms with Crippen LogP contribution < -0.4 is 10.5 Å². The number of likely N-dealkylation sites (tertiary alicyclic amines) is 1. The van der Waals surface area contributed by atoms with E-state index in [2.05, 4.69) is 14.9 Å². The van der Waals surface area contributed by atoms with E-state index in [-0.39, 0.29) is 44.4 Å². The predicted octanol–water partition coefficient (Wildman–Crippen LogP) is 4.19. The Labute approximate surface area is 203 Å². The van der Waals surface area contributed by atoms with E-state index in [1.807, 2.05) is 30.3 Å². The molecule has 0 unspecified atom stereocenters. The summed E-state index contributed by atoms with van der Waals surface area (Å²) in [5, 5.41) is 4.92. The number of fused-ring (bicyclic) bond motifs is 1. The molecule has 1 fully saturated rings. The van der Waals surface area contributed by atoms with Gasteiger partial charge in [0.15, 0.2) is 17.5 Å². The lowest BCUT2D eigenvalue weighted by Gasteiger charge is -2.41. The summed E-state index contributed by atoms with van der Waals surface area (Å²) < 4.78 is 28.7. The molecule has 184 valence electrons. The van der Waals surface area contributed by atoms with E-state index in [0.29, 0.717) is 10.9 Å². The number of piperidine rings is 1. The summed E-state index contributed by atoms with van der Waals surface area (Å²) in [6.45, 7) is 12.9. The first-order chi connectivity index (χ1) is 16.6. The highest BCUT2D eigenvalue weighted by Crippen LogP contribution is 2.39. The van der Waals surface area contributed by atoms with Gasteiger partial charge in [-0.3, -0.25) is 0 Å². The van der Waals surface area contributed by atoms with E-state index in [1.165, 1.54) is 9.58 Å². The van der Waals surface area contributed by atoms with Gasteiger partial charge < -0.3 is 25.0 Å². The van der Waals surface area contributed by atoms with Crippen molar-refractivity contribution in [3.63, 3.8) is 0 Å². The predicted molar refractivity (Wildman–Crippen MR) is 129 cm³/mol. The third kappa shape index (κ3) is 4.85. The van der Waals surface area contributed by atoms with E-state index in [0.717, 1.165) is 5.56 Å². The van der Waals surface area contributed by atoms with E-state index in [4.69, 9.17) is 21.8 Å². The first kappa shape index (κ1) is 24.3. The minimum Gasteiger partial charge on any atom is -0.472 e. The van der Waals surface area contributed by atoms with Crippen LogP contribution in [0.3, 0.4) is 0 Å². The SMILES string of the molecule is [C-]#[N+]C[C@@]1(n2nc(N)c3c(OCc4ccccc4)nccc32)CCN(C(=O)OC(C)(C)C)C[C@@H]1F. The number of benzene rings is 1. The van der Waals surface area contributed by atoms with Gasteiger partial charge in [-0.2, -0.15) is 5.10 Å². The number of ether oxygens (including phenoxy) is 2. The average Bonchev–Trinajstić information content (AvgIpc) is 3.16. The molecule has 9 nitrogen and oxygen atoms in total. The van der Waals surface area contributed by atoms with Gasteiger partial charge in [0, 0.05) is 19.2 Å². The Kier molecular flexibility index (Phi) is 6.52. The van der Waals surface area contributed by atoms with Crippen molar-refractivity contribution in [2.24, 2.45) is 0 Å². The smallest absolute Gasteiger partial charge is 0.410 e. The van der Waals surface area contributed by atoms with Crippen molar-refractivity contribution < 1.29 is 18.7 Å². The molecule has 0 aliphatic carbocycles. The molecule has 35 heavy (non-hydrogen) atoms. The van der Waals surface area contributed by atoms with Crippen LogP contribution >= 0.6 is 0 Å². The Morgan fingerprint density at radius 3 is 2.71 bits per heavy atom. The summed E-state index contributed by atoms with van der Waals surface area (Å²) in [6.07, 6.45) is -0.423. The number of carbonyl (C=O) groups is 1. The van der Waals surface area contributed by atoms with Gasteiger partial charge in [-0.15, -0.1) is 0 Å². The monoisotopic (exact) mass is 480 g/mol. The Bertz CT molecular complexity index is 1250. The molecule has 1 aliphatic rings. The molecule has 10 heteroatoms. The number of aromatic nitrogens is 3. The number of carbonyl (C=O) groups excluding carboxylic acids is 1. The highest BCUT2D eigenvalue weighted by atomic mass is 19.1. The third-order valence-electron chi connectivity index (χ3n) is 6.01. The summed E-state index contributed by atoms with van der Waals surface area (Å²) in [7, 11) is 0. The molecule has 1 amide bonds. The molecule has 0 saturated carbocycles. The number of halogens is 1. The molecular weight excluding hydrogens is 451 g/mol. The normalized spacial score (nSPS) is 20.4. The zero-order chi connectivity index (χ0) is 25.2. The number of hydrogen-bond acceptors (Lipinski definition) is 6. The van der Waals surface area contributed by atoms with E-state index >= 15 is 4.39 Å². The van der Waals surface area contributed by atoms with Crippen LogP contribution in [0.1, 0.15) is 32.8 Å². The van der Waals surface area contributed by atoms with Crippen LogP contribution in [-0.4, -0.2) is 57.2 Å². The van der Waals surface area contributed by atoms with Crippen LogP contribution in [0.15, 0.2) is 42.6 Å². The molecule has 0 bridgehead atoms. The summed E-state index contributed by atoms with van der Waals surface area (Å²) in [4.78, 5) is 21.7. The Balaban J connectivity index is 1.66. The zero-order valence-electron chi connectivity index (χ0n) is 20.1. The van der Waals surface area contributed by atoms with Gasteiger partial charge in [0.05, 0.1) is 12.1 Å². The summed E-state index contributed by atoms with van der Waals surface area (Å²) in [5.41, 5.74) is 5.76. The van der Waals surface area contributed by atoms with Gasteiger partial charge >= 0.3 is 6.09 Å². The maximum absolute atomic E-state index is 15.9. The third-order valence-corrected chi connectivity index (χ3v) is 6.01. The number of amides is 1. The molecule has 0 radical (unpaired) electrons. The second-order valence-electron chi connectivity index (χ2n) is 9.65. The van der Waals surface area contributed by atoms with Gasteiger partial charge in [-0.05, 0) is 32.4 Å². The first-order valence-corrected chi connectivity index (χ1v) is 11.4. The number of anilines is 1. The maximum atomic E-state index is 15.9. The molecule has 0 spiro atoms. The van der Waals surface area contributed by atoms with Gasteiger partial charge in [0.2, 0.25) is 12.4 Å². The second kappa shape index (κ2) is 9.41. The lowest BCUT2D eigenvalue weighted by Crippen LogP contribution is -2.58. The molecule has 1 aromatic carbocycles. The standard InChI is InChI=1S/C25H29FN6O3/c1-24(2,3)35-23(33)31-13-11-25(16-28-4,19(26)14-31)32-18-10-12-29-22(20(18)21(27)30-32)34-15-17-8-6-5-7-9-17/h5-10,12,19H,11,13-16H2,1-3H3,(H2,27,30)/t19-,25-/m0/s1. The van der Waals surface area contributed by atoms with Crippen LogP contribution in [0.25, 0.3) is 15.7 Å². The highest BCUT2D eigenvalue weighted by Gasteiger charge is 2.51. The average molecular weight is 481 g/mol. The van der Waals surface area contributed by atoms with E-state index < -0.39 is 23.4 Å². The maximum Gasteiger partial charge on any atom is 0.410 e. The van der Waals surface area contributed by atoms with Crippen molar-refractivity contribution in [1.29, 1.82) is 0 Å². The van der Waals surface area contributed by atoms with Crippen LogP contribution in [0.4, 0.5) is 15.0 Å². The fourth-order valence-corrected chi connectivity index (χ4v) is 4.29. The minimum absolute atomic E-state index is 0.141. The number of nitrogens with zero attached hydrogens (tertiary/aromatic N) is 5. The summed E-state index contributed by atoms with van der Waals surface area (Å²) in [5.74, 6) is 0.428. The van der Waals surface area contributed by atoms with E-state index in [9.17, 15) is 4.79 Å². The summed E-state index contributed by atoms with van der Waals surface area (Å²) in [6, 6.07) is 11.3. The van der Waals surface area contributed by atoms with Gasteiger partial charge in [-0.25, -0.2) is 25.4 Å². The number of nitrogen functional groups attached to an aromatic ring is 1. The van der Waals surface area contributed by atoms with Gasteiger partial charge in [-0.1, -0.05) is 30.3 Å². The van der Waals surface area contributed by atoms with Crippen molar-refractivity contribution in [3.8, 4) is 5.88 Å². The topological polar surface area (TPSA) is 99.9 Å².